The van der Waals surface area contributed by atoms with Gasteiger partial charge < -0.3 is 9.84 Å². The molecule has 1 atom stereocenters. The molecule has 2 heterocycles. The molecule has 1 aliphatic rings. The summed E-state index contributed by atoms with van der Waals surface area (Å²) in [6.07, 6.45) is 2.95. The van der Waals surface area contributed by atoms with E-state index in [4.69, 9.17) is 16.3 Å². The van der Waals surface area contributed by atoms with Crippen molar-refractivity contribution in [2.75, 3.05) is 11.5 Å². The highest BCUT2D eigenvalue weighted by atomic mass is 35.5. The van der Waals surface area contributed by atoms with E-state index < -0.39 is 17.7 Å². The van der Waals surface area contributed by atoms with Gasteiger partial charge in [-0.05, 0) is 55.0 Å². The van der Waals surface area contributed by atoms with E-state index in [1.54, 1.807) is 54.6 Å². The standard InChI is InChI=1S/C23H18ClN3O4/c1-2-31-17-9-7-14(8-10-17)20(28)18-19(15-5-3-6-16(24)13-15)27(22(30)21(18)29)23-25-11-4-12-26-23/h3-13,19,28H,2H2,1H3/b20-18-. The zero-order valence-electron chi connectivity index (χ0n) is 16.5. The van der Waals surface area contributed by atoms with Crippen molar-refractivity contribution in [1.82, 2.24) is 9.97 Å². The molecule has 1 saturated heterocycles. The van der Waals surface area contributed by atoms with Crippen molar-refractivity contribution < 1.29 is 19.4 Å². The quantitative estimate of drug-likeness (QED) is 0.367. The number of aliphatic hydroxyl groups excluding tert-OH is 1. The summed E-state index contributed by atoms with van der Waals surface area (Å²) in [4.78, 5) is 35.4. The second-order valence-electron chi connectivity index (χ2n) is 6.73. The molecule has 0 radical (unpaired) electrons. The van der Waals surface area contributed by atoms with Gasteiger partial charge in [-0.2, -0.15) is 0 Å². The summed E-state index contributed by atoms with van der Waals surface area (Å²) >= 11 is 6.17. The minimum absolute atomic E-state index is 0.0559. The van der Waals surface area contributed by atoms with Gasteiger partial charge in [0, 0.05) is 23.0 Å². The SMILES string of the molecule is CCOc1ccc(/C(O)=C2/C(=O)C(=O)N(c3ncccn3)C2c2cccc(Cl)c2)cc1. The molecule has 7 nitrogen and oxygen atoms in total. The molecule has 0 spiro atoms. The third-order valence-corrected chi connectivity index (χ3v) is 5.05. The summed E-state index contributed by atoms with van der Waals surface area (Å²) in [5.41, 5.74) is 0.859. The van der Waals surface area contributed by atoms with Crippen molar-refractivity contribution in [3.05, 3.63) is 88.7 Å². The number of carbonyl (C=O) groups is 2. The molecule has 1 amide bonds. The minimum Gasteiger partial charge on any atom is -0.507 e. The van der Waals surface area contributed by atoms with Gasteiger partial charge in [-0.1, -0.05) is 23.7 Å². The highest BCUT2D eigenvalue weighted by molar-refractivity contribution is 6.51. The lowest BCUT2D eigenvalue weighted by atomic mass is 9.95. The van der Waals surface area contributed by atoms with Gasteiger partial charge in [-0.25, -0.2) is 9.97 Å². The number of rotatable bonds is 5. The summed E-state index contributed by atoms with van der Waals surface area (Å²) in [6, 6.07) is 14.0. The number of aliphatic hydroxyl groups is 1. The molecular formula is C23H18ClN3O4. The van der Waals surface area contributed by atoms with Crippen LogP contribution in [0.15, 0.2) is 72.6 Å². The van der Waals surface area contributed by atoms with Gasteiger partial charge in [0.05, 0.1) is 18.2 Å². The Morgan fingerprint density at radius 2 is 1.81 bits per heavy atom. The molecule has 8 heteroatoms. The summed E-state index contributed by atoms with van der Waals surface area (Å²) in [5.74, 6) is -1.28. The average Bonchev–Trinajstić information content (AvgIpc) is 3.05. The van der Waals surface area contributed by atoms with Gasteiger partial charge >= 0.3 is 5.91 Å². The molecule has 1 unspecified atom stereocenters. The smallest absolute Gasteiger partial charge is 0.302 e. The Kier molecular flexibility index (Phi) is 5.68. The average molecular weight is 436 g/mol. The van der Waals surface area contributed by atoms with Crippen LogP contribution >= 0.6 is 11.6 Å². The number of benzene rings is 2. The highest BCUT2D eigenvalue weighted by Crippen LogP contribution is 2.41. The number of amides is 1. The van der Waals surface area contributed by atoms with Crippen LogP contribution in [0.1, 0.15) is 24.1 Å². The molecule has 4 rings (SSSR count). The number of hydrogen-bond donors (Lipinski definition) is 1. The number of halogens is 1. The second-order valence-corrected chi connectivity index (χ2v) is 7.17. The Bertz CT molecular complexity index is 1160. The fourth-order valence-corrected chi connectivity index (χ4v) is 3.68. The third kappa shape index (κ3) is 3.87. The van der Waals surface area contributed by atoms with Crippen LogP contribution in [0.2, 0.25) is 5.02 Å². The lowest BCUT2D eigenvalue weighted by molar-refractivity contribution is -0.132. The van der Waals surface area contributed by atoms with Gasteiger partial charge in [0.2, 0.25) is 5.95 Å². The Morgan fingerprint density at radius 1 is 1.10 bits per heavy atom. The number of aromatic nitrogens is 2. The maximum absolute atomic E-state index is 13.0. The van der Waals surface area contributed by atoms with Crippen LogP contribution in [0.5, 0.6) is 5.75 Å². The molecule has 1 aliphatic heterocycles. The monoisotopic (exact) mass is 435 g/mol. The Hall–Kier alpha value is -3.71. The zero-order chi connectivity index (χ0) is 22.0. The number of Topliss-reactive ketones (excluding diaryl/α,β-unsaturated/α-hetero) is 1. The van der Waals surface area contributed by atoms with E-state index in [0.717, 1.165) is 0 Å². The van der Waals surface area contributed by atoms with Crippen LogP contribution < -0.4 is 9.64 Å². The van der Waals surface area contributed by atoms with E-state index in [0.29, 0.717) is 28.5 Å². The number of ketones is 1. The lowest BCUT2D eigenvalue weighted by Crippen LogP contribution is -2.31. The van der Waals surface area contributed by atoms with Crippen LogP contribution in [-0.4, -0.2) is 33.4 Å². The van der Waals surface area contributed by atoms with Gasteiger partial charge in [-0.3, -0.25) is 14.5 Å². The van der Waals surface area contributed by atoms with Crippen molar-refractivity contribution in [2.45, 2.75) is 13.0 Å². The minimum atomic E-state index is -0.937. The van der Waals surface area contributed by atoms with E-state index in [1.165, 1.54) is 17.3 Å². The molecule has 1 N–H and O–H groups in total. The zero-order valence-corrected chi connectivity index (χ0v) is 17.3. The van der Waals surface area contributed by atoms with Gasteiger partial charge in [0.25, 0.3) is 5.78 Å². The van der Waals surface area contributed by atoms with E-state index in [-0.39, 0.29) is 17.3 Å². The van der Waals surface area contributed by atoms with Crippen LogP contribution in [0.3, 0.4) is 0 Å². The first-order valence-corrected chi connectivity index (χ1v) is 9.95. The predicted molar refractivity (Wildman–Crippen MR) is 116 cm³/mol. The Morgan fingerprint density at radius 3 is 2.45 bits per heavy atom. The van der Waals surface area contributed by atoms with E-state index >= 15 is 0 Å². The summed E-state index contributed by atoms with van der Waals surface area (Å²) in [7, 11) is 0. The fraction of sp³-hybridized carbons (Fsp3) is 0.130. The molecule has 31 heavy (non-hydrogen) atoms. The van der Waals surface area contributed by atoms with Gasteiger partial charge in [-0.15, -0.1) is 0 Å². The number of nitrogens with zero attached hydrogens (tertiary/aromatic N) is 3. The molecule has 1 aromatic heterocycles. The molecule has 0 aliphatic carbocycles. The molecule has 3 aromatic rings. The maximum atomic E-state index is 13.0. The molecule has 2 aromatic carbocycles. The fourth-order valence-electron chi connectivity index (χ4n) is 3.48. The predicted octanol–water partition coefficient (Wildman–Crippen LogP) is 4.16. The largest absolute Gasteiger partial charge is 0.507 e. The normalized spacial score (nSPS) is 17.7. The number of anilines is 1. The third-order valence-electron chi connectivity index (χ3n) is 4.82. The Balaban J connectivity index is 1.89. The van der Waals surface area contributed by atoms with Crippen LogP contribution in [0.4, 0.5) is 5.95 Å². The highest BCUT2D eigenvalue weighted by Gasteiger charge is 2.48. The van der Waals surface area contributed by atoms with Gasteiger partial charge in [0.1, 0.15) is 11.5 Å². The first-order chi connectivity index (χ1) is 15.0. The maximum Gasteiger partial charge on any atom is 0.302 e. The first kappa shape index (κ1) is 20.6. The van der Waals surface area contributed by atoms with Crippen molar-refractivity contribution in [2.24, 2.45) is 0 Å². The van der Waals surface area contributed by atoms with Crippen molar-refractivity contribution in [1.29, 1.82) is 0 Å². The van der Waals surface area contributed by atoms with Crippen LogP contribution in [0, 0.1) is 0 Å². The second kappa shape index (κ2) is 8.57. The van der Waals surface area contributed by atoms with Crippen molar-refractivity contribution >= 4 is 35.0 Å². The molecular weight excluding hydrogens is 418 g/mol. The van der Waals surface area contributed by atoms with Crippen molar-refractivity contribution in [3.8, 4) is 5.75 Å². The van der Waals surface area contributed by atoms with E-state index in [1.807, 2.05) is 6.92 Å². The Labute approximate surface area is 183 Å². The number of ether oxygens (including phenoxy) is 1. The van der Waals surface area contributed by atoms with E-state index in [9.17, 15) is 14.7 Å². The summed E-state index contributed by atoms with van der Waals surface area (Å²) in [5, 5.41) is 11.5. The topological polar surface area (TPSA) is 92.6 Å². The summed E-state index contributed by atoms with van der Waals surface area (Å²) < 4.78 is 5.42. The van der Waals surface area contributed by atoms with E-state index in [2.05, 4.69) is 9.97 Å². The summed E-state index contributed by atoms with van der Waals surface area (Å²) in [6.45, 7) is 2.37. The van der Waals surface area contributed by atoms with Crippen molar-refractivity contribution in [3.63, 3.8) is 0 Å². The first-order valence-electron chi connectivity index (χ1n) is 9.58. The number of hydrogen-bond acceptors (Lipinski definition) is 6. The molecule has 0 saturated carbocycles. The molecule has 1 fully saturated rings. The van der Waals surface area contributed by atoms with Crippen LogP contribution in [-0.2, 0) is 9.59 Å². The van der Waals surface area contributed by atoms with Crippen LogP contribution in [0.25, 0.3) is 5.76 Å². The molecule has 156 valence electrons. The van der Waals surface area contributed by atoms with Gasteiger partial charge in [0.15, 0.2) is 0 Å². The lowest BCUT2D eigenvalue weighted by Gasteiger charge is -2.23. The molecule has 0 bridgehead atoms. The number of carbonyl (C=O) groups excluding carboxylic acids is 2.